The predicted molar refractivity (Wildman–Crippen MR) is 58.5 cm³/mol. The lowest BCUT2D eigenvalue weighted by atomic mass is 9.80. The molecule has 3 nitrogen and oxygen atoms in total. The van der Waals surface area contributed by atoms with Gasteiger partial charge in [0.15, 0.2) is 0 Å². The van der Waals surface area contributed by atoms with Crippen LogP contribution < -0.4 is 5.32 Å². The Morgan fingerprint density at radius 3 is 2.67 bits per heavy atom. The zero-order valence-corrected chi connectivity index (χ0v) is 9.66. The molecule has 1 N–H and O–H groups in total. The van der Waals surface area contributed by atoms with E-state index >= 15 is 0 Å². The highest BCUT2D eigenvalue weighted by molar-refractivity contribution is 5.82. The van der Waals surface area contributed by atoms with Crippen molar-refractivity contribution in [1.82, 2.24) is 5.32 Å². The fraction of sp³-hybridized carbons (Fsp3) is 0.917. The first-order valence-corrected chi connectivity index (χ1v) is 6.21. The van der Waals surface area contributed by atoms with Gasteiger partial charge in [-0.1, -0.05) is 26.7 Å². The Kier molecular flexibility index (Phi) is 3.29. The summed E-state index contributed by atoms with van der Waals surface area (Å²) in [4.78, 5) is 10.7. The van der Waals surface area contributed by atoms with E-state index in [9.17, 15) is 4.79 Å². The maximum Gasteiger partial charge on any atom is 0.222 e. The lowest BCUT2D eigenvalue weighted by molar-refractivity contribution is -0.129. The molecule has 1 saturated carbocycles. The Morgan fingerprint density at radius 2 is 2.07 bits per heavy atom. The first-order chi connectivity index (χ1) is 7.26. The maximum atomic E-state index is 10.7. The fourth-order valence-electron chi connectivity index (χ4n) is 2.56. The zero-order chi connectivity index (χ0) is 10.8. The third-order valence-corrected chi connectivity index (χ3v) is 3.34. The molecule has 3 rings (SSSR count). The largest absolute Gasteiger partial charge is 0.369 e. The molecule has 0 radical (unpaired) electrons. The van der Waals surface area contributed by atoms with Gasteiger partial charge < -0.3 is 10.1 Å². The molecule has 1 amide bonds. The van der Waals surface area contributed by atoms with E-state index in [1.165, 1.54) is 25.7 Å². The Hall–Kier alpha value is -0.570. The molecule has 15 heavy (non-hydrogen) atoms. The van der Waals surface area contributed by atoms with Gasteiger partial charge in [-0.05, 0) is 12.8 Å². The molecule has 0 bridgehead atoms. The van der Waals surface area contributed by atoms with Crippen LogP contribution in [0, 0.1) is 5.92 Å². The molecular weight excluding hydrogens is 190 g/mol. The van der Waals surface area contributed by atoms with Gasteiger partial charge in [0.1, 0.15) is 0 Å². The minimum Gasteiger partial charge on any atom is -0.369 e. The van der Waals surface area contributed by atoms with Crippen LogP contribution in [0.2, 0.25) is 0 Å². The predicted octanol–water partition coefficient (Wildman–Crippen LogP) is 1.86. The summed E-state index contributed by atoms with van der Waals surface area (Å²) in [5.74, 6) is 0.837. The third-order valence-electron chi connectivity index (χ3n) is 3.34. The summed E-state index contributed by atoms with van der Waals surface area (Å²) in [6.07, 6.45) is 6.77. The second-order valence-electron chi connectivity index (χ2n) is 4.82. The molecule has 2 aliphatic heterocycles. The summed E-state index contributed by atoms with van der Waals surface area (Å²) in [5, 5.41) is 2.95. The van der Waals surface area contributed by atoms with Crippen LogP contribution in [0.25, 0.3) is 0 Å². The number of carbonyl (C=O) groups excluding carboxylic acids is 1. The molecule has 2 heterocycles. The van der Waals surface area contributed by atoms with Crippen molar-refractivity contribution in [3.05, 3.63) is 0 Å². The maximum absolute atomic E-state index is 10.7. The first kappa shape index (κ1) is 10.9. The highest BCUT2D eigenvalue weighted by atomic mass is 16.6. The summed E-state index contributed by atoms with van der Waals surface area (Å²) in [7, 11) is 0. The molecule has 1 aliphatic carbocycles. The number of epoxide rings is 1. The number of β-lactam (4-membered cyclic amide) rings is 1. The van der Waals surface area contributed by atoms with Crippen molar-refractivity contribution >= 4 is 5.91 Å². The average Bonchev–Trinajstić information content (AvgIpc) is 2.92. The third kappa shape index (κ3) is 2.33. The number of amides is 1. The molecule has 4 unspecified atom stereocenters. The average molecular weight is 211 g/mol. The van der Waals surface area contributed by atoms with E-state index in [1.807, 2.05) is 0 Å². The molecular formula is C12H21NO2. The summed E-state index contributed by atoms with van der Waals surface area (Å²) < 4.78 is 5.53. The summed E-state index contributed by atoms with van der Waals surface area (Å²) in [6, 6.07) is 0.438. The van der Waals surface area contributed by atoms with Crippen LogP contribution in [-0.4, -0.2) is 24.2 Å². The number of rotatable bonds is 1. The monoisotopic (exact) mass is 211 g/mol. The number of ether oxygens (including phenoxy) is 1. The van der Waals surface area contributed by atoms with Gasteiger partial charge in [0, 0.05) is 18.4 Å². The Morgan fingerprint density at radius 1 is 1.40 bits per heavy atom. The van der Waals surface area contributed by atoms with Crippen LogP contribution in [0.15, 0.2) is 0 Å². The number of fused-ring (bicyclic) bond motifs is 1. The van der Waals surface area contributed by atoms with Crippen molar-refractivity contribution in [2.45, 2.75) is 64.2 Å². The molecule has 3 aliphatic rings. The van der Waals surface area contributed by atoms with Crippen LogP contribution in [0.4, 0.5) is 0 Å². The molecule has 86 valence electrons. The normalized spacial score (nSPS) is 41.6. The highest BCUT2D eigenvalue weighted by Crippen LogP contribution is 2.43. The standard InChI is InChI=1S/C9H13NO2.C3H8/c11-8-4-6(10-8)5-2-1-3-7-9(5)12-7;1-3-2/h5-7,9H,1-4H2,(H,10,11);3H2,1-2H3. The summed E-state index contributed by atoms with van der Waals surface area (Å²) in [5.41, 5.74) is 0. The van der Waals surface area contributed by atoms with Gasteiger partial charge in [-0.2, -0.15) is 0 Å². The minimum atomic E-state index is 0.211. The first-order valence-electron chi connectivity index (χ1n) is 6.21. The molecule has 4 atom stereocenters. The van der Waals surface area contributed by atoms with Crippen molar-refractivity contribution in [2.24, 2.45) is 5.92 Å². The molecule has 3 fully saturated rings. The minimum absolute atomic E-state index is 0.211. The van der Waals surface area contributed by atoms with Gasteiger partial charge in [-0.15, -0.1) is 0 Å². The smallest absolute Gasteiger partial charge is 0.222 e. The second kappa shape index (κ2) is 4.52. The molecule has 0 spiro atoms. The van der Waals surface area contributed by atoms with E-state index in [0.717, 1.165) is 6.42 Å². The quantitative estimate of drug-likeness (QED) is 0.531. The molecule has 0 aromatic carbocycles. The van der Waals surface area contributed by atoms with Crippen molar-refractivity contribution in [3.63, 3.8) is 0 Å². The number of nitrogens with one attached hydrogen (secondary N) is 1. The number of hydrogen-bond donors (Lipinski definition) is 1. The van der Waals surface area contributed by atoms with E-state index in [4.69, 9.17) is 4.74 Å². The van der Waals surface area contributed by atoms with Crippen molar-refractivity contribution in [2.75, 3.05) is 0 Å². The van der Waals surface area contributed by atoms with Gasteiger partial charge in [0.2, 0.25) is 5.91 Å². The van der Waals surface area contributed by atoms with E-state index < -0.39 is 0 Å². The van der Waals surface area contributed by atoms with Crippen LogP contribution >= 0.6 is 0 Å². The van der Waals surface area contributed by atoms with E-state index in [2.05, 4.69) is 19.2 Å². The molecule has 2 saturated heterocycles. The van der Waals surface area contributed by atoms with Crippen molar-refractivity contribution in [1.29, 1.82) is 0 Å². The van der Waals surface area contributed by atoms with Crippen LogP contribution in [-0.2, 0) is 9.53 Å². The Labute approximate surface area is 91.6 Å². The van der Waals surface area contributed by atoms with Gasteiger partial charge in [0.05, 0.1) is 12.2 Å². The van der Waals surface area contributed by atoms with Gasteiger partial charge in [-0.3, -0.25) is 4.79 Å². The van der Waals surface area contributed by atoms with Gasteiger partial charge in [0.25, 0.3) is 0 Å². The van der Waals surface area contributed by atoms with Gasteiger partial charge >= 0.3 is 0 Å². The van der Waals surface area contributed by atoms with Crippen LogP contribution in [0.5, 0.6) is 0 Å². The second-order valence-corrected chi connectivity index (χ2v) is 4.82. The lowest BCUT2D eigenvalue weighted by Gasteiger charge is -2.35. The molecule has 0 aromatic heterocycles. The zero-order valence-electron chi connectivity index (χ0n) is 9.66. The lowest BCUT2D eigenvalue weighted by Crippen LogP contribution is -2.54. The van der Waals surface area contributed by atoms with E-state index in [1.54, 1.807) is 0 Å². The van der Waals surface area contributed by atoms with Crippen LogP contribution in [0.3, 0.4) is 0 Å². The SMILES string of the molecule is CCC.O=C1CC(C2CCCC3OC32)N1. The summed E-state index contributed by atoms with van der Waals surface area (Å²) in [6.45, 7) is 4.25. The number of carbonyl (C=O) groups is 1. The van der Waals surface area contributed by atoms with E-state index in [0.29, 0.717) is 24.2 Å². The van der Waals surface area contributed by atoms with Crippen LogP contribution in [0.1, 0.15) is 46.0 Å². The van der Waals surface area contributed by atoms with Crippen molar-refractivity contribution < 1.29 is 9.53 Å². The summed E-state index contributed by atoms with van der Waals surface area (Å²) >= 11 is 0. The van der Waals surface area contributed by atoms with Gasteiger partial charge in [-0.25, -0.2) is 0 Å². The Bertz CT molecular complexity index is 234. The number of hydrogen-bond acceptors (Lipinski definition) is 2. The highest BCUT2D eigenvalue weighted by Gasteiger charge is 2.51. The van der Waals surface area contributed by atoms with E-state index in [-0.39, 0.29) is 5.91 Å². The topological polar surface area (TPSA) is 41.6 Å². The Balaban J connectivity index is 0.000000258. The van der Waals surface area contributed by atoms with Crippen molar-refractivity contribution in [3.8, 4) is 0 Å². The molecule has 3 heteroatoms. The fourth-order valence-corrected chi connectivity index (χ4v) is 2.56. The molecule has 0 aromatic rings.